The number of hydrogen-bond donors (Lipinski definition) is 2. The minimum atomic E-state index is -3.83. The van der Waals surface area contributed by atoms with Crippen molar-refractivity contribution in [1.29, 1.82) is 0 Å². The number of rotatable bonds is 9. The lowest BCUT2D eigenvalue weighted by molar-refractivity contribution is -0.140. The van der Waals surface area contributed by atoms with E-state index in [9.17, 15) is 22.8 Å². The minimum Gasteiger partial charge on any atom is -0.496 e. The van der Waals surface area contributed by atoms with Crippen molar-refractivity contribution in [2.75, 3.05) is 20.7 Å². The first kappa shape index (κ1) is 37.3. The van der Waals surface area contributed by atoms with Crippen LogP contribution in [0.3, 0.4) is 0 Å². The number of aromatic nitrogens is 2. The lowest BCUT2D eigenvalue weighted by Crippen LogP contribution is -2.54. The summed E-state index contributed by atoms with van der Waals surface area (Å²) in [7, 11) is -0.423. The maximum absolute atomic E-state index is 14.3. The Balaban J connectivity index is 1.22. The number of amides is 3. The summed E-state index contributed by atoms with van der Waals surface area (Å²) in [5, 5.41) is 5.99. The van der Waals surface area contributed by atoms with E-state index in [-0.39, 0.29) is 30.6 Å². The molecule has 53 heavy (non-hydrogen) atoms. The lowest BCUT2D eigenvalue weighted by atomic mass is 9.93. The molecule has 14 heteroatoms. The number of thiazole rings is 1. The van der Waals surface area contributed by atoms with Gasteiger partial charge in [0.15, 0.2) is 0 Å². The zero-order chi connectivity index (χ0) is 37.7. The second-order valence-electron chi connectivity index (χ2n) is 15.3. The largest absolute Gasteiger partial charge is 0.496 e. The molecule has 2 aromatic heterocycles. The molecule has 3 amide bonds. The zero-order valence-electron chi connectivity index (χ0n) is 31.0. The quantitative estimate of drug-likeness (QED) is 0.269. The summed E-state index contributed by atoms with van der Waals surface area (Å²) in [6.45, 7) is 6.81. The number of ether oxygens (including phenoxy) is 2. The number of carbonyl (C=O) groups is 3. The first-order valence-electron chi connectivity index (χ1n) is 18.8. The Kier molecular flexibility index (Phi) is 10.3. The molecule has 3 aromatic rings. The van der Waals surface area contributed by atoms with Crippen LogP contribution < -0.4 is 19.5 Å². The fraction of sp³-hybridized carbons (Fsp3) is 0.564. The number of nitrogens with zero attached hydrogens (tertiary/aromatic N) is 3. The number of hydrogen-bond acceptors (Lipinski definition) is 10. The van der Waals surface area contributed by atoms with E-state index in [0.717, 1.165) is 52.2 Å². The van der Waals surface area contributed by atoms with Crippen molar-refractivity contribution in [3.63, 3.8) is 0 Å². The van der Waals surface area contributed by atoms with E-state index in [1.807, 2.05) is 35.7 Å². The van der Waals surface area contributed by atoms with Crippen molar-refractivity contribution in [2.45, 2.75) is 101 Å². The highest BCUT2D eigenvalue weighted by Crippen LogP contribution is 2.47. The summed E-state index contributed by atoms with van der Waals surface area (Å²) in [6, 6.07) is 5.73. The number of allylic oxidation sites excluding steroid dienone is 1. The van der Waals surface area contributed by atoms with Crippen molar-refractivity contribution in [3.8, 4) is 22.2 Å². The molecule has 3 fully saturated rings. The minimum absolute atomic E-state index is 0.145. The molecular weight excluding hydrogens is 715 g/mol. The van der Waals surface area contributed by atoms with Crippen LogP contribution in [-0.4, -0.2) is 78.6 Å². The van der Waals surface area contributed by atoms with Crippen LogP contribution in [-0.2, 0) is 30.8 Å². The SMILES string of the molecule is CCc1c(OC)ccc2c(OC3CC4C(=O)N(C)CCCC/C=C\C5C[C@@]5(C(=O)NS(=O)(=O)C5CC5)NC(=O)[C@@H]4C3)cc(-c3nc(C(C)C)cs3)nc12. The molecule has 3 saturated carbocycles. The molecule has 4 aliphatic rings. The van der Waals surface area contributed by atoms with Crippen LogP contribution in [0.15, 0.2) is 35.7 Å². The monoisotopic (exact) mass is 763 g/mol. The van der Waals surface area contributed by atoms with Crippen molar-refractivity contribution in [1.82, 2.24) is 24.9 Å². The third-order valence-corrected chi connectivity index (χ3v) is 13.9. The maximum atomic E-state index is 14.3. The van der Waals surface area contributed by atoms with E-state index < -0.39 is 50.6 Å². The number of fused-ring (bicyclic) bond motifs is 3. The third kappa shape index (κ3) is 7.41. The van der Waals surface area contributed by atoms with Gasteiger partial charge in [-0.05, 0) is 75.8 Å². The average Bonchev–Trinajstić information content (AvgIpc) is 4.01. The molecule has 0 bridgehead atoms. The second-order valence-corrected chi connectivity index (χ2v) is 18.1. The highest BCUT2D eigenvalue weighted by Gasteiger charge is 2.62. The smallest absolute Gasteiger partial charge is 0.259 e. The van der Waals surface area contributed by atoms with E-state index >= 15 is 0 Å². The van der Waals surface area contributed by atoms with Gasteiger partial charge in [0, 0.05) is 41.9 Å². The Labute approximate surface area is 315 Å². The second kappa shape index (κ2) is 14.7. The number of benzene rings is 1. The molecule has 0 saturated heterocycles. The number of aryl methyl sites for hydroxylation is 1. The molecule has 3 heterocycles. The van der Waals surface area contributed by atoms with Gasteiger partial charge in [0.05, 0.1) is 35.4 Å². The van der Waals surface area contributed by atoms with E-state index in [4.69, 9.17) is 19.4 Å². The average molecular weight is 764 g/mol. The lowest BCUT2D eigenvalue weighted by Gasteiger charge is -2.26. The zero-order valence-corrected chi connectivity index (χ0v) is 32.6. The first-order chi connectivity index (χ1) is 25.3. The van der Waals surface area contributed by atoms with Gasteiger partial charge in [-0.15, -0.1) is 11.3 Å². The van der Waals surface area contributed by atoms with Crippen molar-refractivity contribution in [2.24, 2.45) is 17.8 Å². The Morgan fingerprint density at radius 2 is 1.91 bits per heavy atom. The molecule has 2 N–H and O–H groups in total. The van der Waals surface area contributed by atoms with Crippen LogP contribution in [0, 0.1) is 17.8 Å². The fourth-order valence-electron chi connectivity index (χ4n) is 7.78. The Morgan fingerprint density at radius 3 is 2.60 bits per heavy atom. The van der Waals surface area contributed by atoms with Crippen LogP contribution in [0.5, 0.6) is 11.5 Å². The first-order valence-corrected chi connectivity index (χ1v) is 21.2. The van der Waals surface area contributed by atoms with Gasteiger partial charge in [0.25, 0.3) is 5.91 Å². The van der Waals surface area contributed by atoms with Crippen LogP contribution in [0.4, 0.5) is 0 Å². The standard InChI is InChI=1S/C39H49N5O7S2/c1-6-26-32(50-5)15-14-27-33(19-30(40-34(26)27)36-41-31(21-52-36)22(2)3)51-24-17-28-29(18-24)37(46)44(4)16-10-8-7-9-11-23-20-39(23,42-35(28)45)38(47)43-53(48,49)25-12-13-25/h9,11,14-15,19,21-25,28-29H,6-8,10,12-13,16-18,20H2,1-5H3,(H,42,45)(H,43,47)/b11-9-/t23?,24?,28-,29?,39-/m1/s1. The Morgan fingerprint density at radius 1 is 1.13 bits per heavy atom. The van der Waals surface area contributed by atoms with Gasteiger partial charge in [-0.2, -0.15) is 0 Å². The predicted octanol–water partition coefficient (Wildman–Crippen LogP) is 5.51. The molecule has 12 nitrogen and oxygen atoms in total. The highest BCUT2D eigenvalue weighted by molar-refractivity contribution is 7.91. The topological polar surface area (TPSA) is 157 Å². The molecule has 1 aliphatic heterocycles. The number of carbonyl (C=O) groups excluding carboxylic acids is 3. The third-order valence-electron chi connectivity index (χ3n) is 11.2. The molecule has 3 unspecified atom stereocenters. The van der Waals surface area contributed by atoms with Gasteiger partial charge >= 0.3 is 0 Å². The van der Waals surface area contributed by atoms with E-state index in [1.165, 1.54) is 11.3 Å². The van der Waals surface area contributed by atoms with Crippen molar-refractivity contribution < 1.29 is 32.3 Å². The van der Waals surface area contributed by atoms with Gasteiger partial charge in [0.2, 0.25) is 21.8 Å². The van der Waals surface area contributed by atoms with Gasteiger partial charge in [0.1, 0.15) is 33.8 Å². The normalized spacial score (nSPS) is 27.1. The van der Waals surface area contributed by atoms with Gasteiger partial charge < -0.3 is 19.7 Å². The molecule has 1 aromatic carbocycles. The number of nitrogens with one attached hydrogen (secondary N) is 2. The number of sulfonamides is 1. The molecule has 7 rings (SSSR count). The van der Waals surface area contributed by atoms with E-state index in [1.54, 1.807) is 19.1 Å². The maximum Gasteiger partial charge on any atom is 0.259 e. The van der Waals surface area contributed by atoms with Crippen LogP contribution in [0.1, 0.15) is 89.3 Å². The summed E-state index contributed by atoms with van der Waals surface area (Å²) in [5.74, 6) is -1.58. The van der Waals surface area contributed by atoms with Gasteiger partial charge in [-0.1, -0.05) is 32.9 Å². The van der Waals surface area contributed by atoms with E-state index in [2.05, 4.69) is 30.8 Å². The fourth-order valence-corrected chi connectivity index (χ4v) is 10.1. The van der Waals surface area contributed by atoms with Crippen LogP contribution >= 0.6 is 11.3 Å². The molecular formula is C39H49N5O7S2. The molecule has 0 spiro atoms. The summed E-state index contributed by atoms with van der Waals surface area (Å²) in [4.78, 5) is 53.7. The predicted molar refractivity (Wildman–Crippen MR) is 203 cm³/mol. The van der Waals surface area contributed by atoms with Crippen LogP contribution in [0.25, 0.3) is 21.6 Å². The summed E-state index contributed by atoms with van der Waals surface area (Å²) >= 11 is 1.52. The summed E-state index contributed by atoms with van der Waals surface area (Å²) in [5.41, 5.74) is 1.93. The molecule has 284 valence electrons. The molecule has 0 radical (unpaired) electrons. The molecule has 5 atom stereocenters. The summed E-state index contributed by atoms with van der Waals surface area (Å²) in [6.07, 6.45) is 8.30. The Hall–Kier alpha value is -4.04. The van der Waals surface area contributed by atoms with Crippen molar-refractivity contribution in [3.05, 3.63) is 47.0 Å². The Bertz CT molecular complexity index is 2060. The summed E-state index contributed by atoms with van der Waals surface area (Å²) < 4.78 is 40.4. The van der Waals surface area contributed by atoms with Crippen molar-refractivity contribution >= 4 is 50.0 Å². The molecule has 3 aliphatic carbocycles. The van der Waals surface area contributed by atoms with Gasteiger partial charge in [-0.3, -0.25) is 19.1 Å². The highest BCUT2D eigenvalue weighted by atomic mass is 32.2. The number of pyridine rings is 1. The number of methoxy groups -OCH3 is 1. The van der Waals surface area contributed by atoms with E-state index in [0.29, 0.717) is 43.7 Å². The van der Waals surface area contributed by atoms with Crippen LogP contribution in [0.2, 0.25) is 0 Å². The van der Waals surface area contributed by atoms with Gasteiger partial charge in [-0.25, -0.2) is 18.4 Å².